The third-order valence-electron chi connectivity index (χ3n) is 7.93. The molecule has 0 saturated heterocycles. The molecule has 1 aliphatic carbocycles. The molecule has 43 heavy (non-hydrogen) atoms. The van der Waals surface area contributed by atoms with Gasteiger partial charge in [0.1, 0.15) is 18.3 Å². The third-order valence-corrected chi connectivity index (χ3v) is 9.71. The van der Waals surface area contributed by atoms with Crippen LogP contribution in [0.15, 0.2) is 83.8 Å². The van der Waals surface area contributed by atoms with Gasteiger partial charge in [0.15, 0.2) is 0 Å². The molecule has 1 fully saturated rings. The monoisotopic (exact) mass is 605 g/mol. The van der Waals surface area contributed by atoms with Crippen molar-refractivity contribution < 1.29 is 22.7 Å². The molecule has 0 aliphatic heterocycles. The van der Waals surface area contributed by atoms with E-state index in [4.69, 9.17) is 4.74 Å². The Labute approximate surface area is 256 Å². The van der Waals surface area contributed by atoms with Crippen LogP contribution in [0.1, 0.15) is 57.1 Å². The fourth-order valence-corrected chi connectivity index (χ4v) is 6.79. The van der Waals surface area contributed by atoms with E-state index >= 15 is 0 Å². The van der Waals surface area contributed by atoms with Crippen LogP contribution in [0.3, 0.4) is 0 Å². The van der Waals surface area contributed by atoms with Gasteiger partial charge in [-0.25, -0.2) is 8.42 Å². The van der Waals surface area contributed by atoms with Gasteiger partial charge < -0.3 is 15.0 Å². The topological polar surface area (TPSA) is 96.0 Å². The lowest BCUT2D eigenvalue weighted by Crippen LogP contribution is -2.53. The second-order valence-corrected chi connectivity index (χ2v) is 13.0. The summed E-state index contributed by atoms with van der Waals surface area (Å²) in [5, 5.41) is 3.14. The van der Waals surface area contributed by atoms with Crippen molar-refractivity contribution in [3.63, 3.8) is 0 Å². The molecule has 3 aromatic carbocycles. The van der Waals surface area contributed by atoms with Gasteiger partial charge in [-0.15, -0.1) is 0 Å². The zero-order valence-corrected chi connectivity index (χ0v) is 26.2. The molecule has 3 aromatic rings. The molecule has 1 saturated carbocycles. The number of nitrogens with zero attached hydrogens (tertiary/aromatic N) is 2. The molecule has 1 N–H and O–H groups in total. The van der Waals surface area contributed by atoms with E-state index in [9.17, 15) is 18.0 Å². The number of hydrogen-bond donors (Lipinski definition) is 1. The van der Waals surface area contributed by atoms with E-state index in [-0.39, 0.29) is 23.4 Å². The van der Waals surface area contributed by atoms with Crippen LogP contribution in [-0.4, -0.2) is 56.9 Å². The molecule has 1 aliphatic rings. The van der Waals surface area contributed by atoms with Crippen molar-refractivity contribution in [2.45, 2.75) is 76.3 Å². The third kappa shape index (κ3) is 8.60. The summed E-state index contributed by atoms with van der Waals surface area (Å²) in [7, 11) is -4.13. The highest BCUT2D eigenvalue weighted by molar-refractivity contribution is 7.92. The Morgan fingerprint density at radius 3 is 2.21 bits per heavy atom. The molecule has 0 unspecified atom stereocenters. The Morgan fingerprint density at radius 2 is 1.58 bits per heavy atom. The number of amides is 2. The average molecular weight is 606 g/mol. The summed E-state index contributed by atoms with van der Waals surface area (Å²) in [6, 6.07) is 22.3. The van der Waals surface area contributed by atoms with Crippen LogP contribution < -0.4 is 14.4 Å². The second-order valence-electron chi connectivity index (χ2n) is 11.1. The van der Waals surface area contributed by atoms with Crippen molar-refractivity contribution >= 4 is 27.5 Å². The summed E-state index contributed by atoms with van der Waals surface area (Å²) in [4.78, 5) is 29.1. The van der Waals surface area contributed by atoms with Crippen LogP contribution >= 0.6 is 0 Å². The summed E-state index contributed by atoms with van der Waals surface area (Å²) >= 11 is 0. The Kier molecular flexibility index (Phi) is 11.2. The molecule has 2 amide bonds. The van der Waals surface area contributed by atoms with Crippen LogP contribution in [0.25, 0.3) is 0 Å². The number of sulfonamides is 1. The average Bonchev–Trinajstić information content (AvgIpc) is 3.02. The highest BCUT2D eigenvalue weighted by Crippen LogP contribution is 2.26. The number of nitrogens with one attached hydrogen (secondary N) is 1. The lowest BCUT2D eigenvalue weighted by atomic mass is 9.95. The minimum absolute atomic E-state index is 0.0447. The van der Waals surface area contributed by atoms with Crippen molar-refractivity contribution in [3.8, 4) is 5.75 Å². The number of hydrogen-bond acceptors (Lipinski definition) is 5. The van der Waals surface area contributed by atoms with Gasteiger partial charge in [-0.3, -0.25) is 13.9 Å². The summed E-state index contributed by atoms with van der Waals surface area (Å²) in [5.41, 5.74) is 2.36. The number of carbonyl (C=O) groups is 2. The minimum Gasteiger partial charge on any atom is -0.494 e. The van der Waals surface area contributed by atoms with Crippen molar-refractivity contribution in [2.75, 3.05) is 24.0 Å². The number of carbonyl (C=O) groups excluding carboxylic acids is 2. The van der Waals surface area contributed by atoms with Crippen molar-refractivity contribution in [1.29, 1.82) is 0 Å². The van der Waals surface area contributed by atoms with Crippen LogP contribution in [0.2, 0.25) is 0 Å². The molecule has 0 bridgehead atoms. The van der Waals surface area contributed by atoms with Gasteiger partial charge >= 0.3 is 0 Å². The SMILES string of the molecule is CCOc1ccc(S(=O)(=O)N(CC(=O)N(CCc2ccccc2)[C@@H](C)C(=O)NC2CCCCC2)c2ccc(C)cc2)cc1. The van der Waals surface area contributed by atoms with Crippen LogP contribution in [0, 0.1) is 6.92 Å². The van der Waals surface area contributed by atoms with Crippen molar-refractivity contribution in [1.82, 2.24) is 10.2 Å². The zero-order valence-electron chi connectivity index (χ0n) is 25.4. The zero-order chi connectivity index (χ0) is 30.8. The van der Waals surface area contributed by atoms with Gasteiger partial charge in [-0.05, 0) is 82.0 Å². The molecule has 230 valence electrons. The Hall–Kier alpha value is -3.85. The largest absolute Gasteiger partial charge is 0.494 e. The van der Waals surface area contributed by atoms with Crippen LogP contribution in [-0.2, 0) is 26.0 Å². The smallest absolute Gasteiger partial charge is 0.264 e. The van der Waals surface area contributed by atoms with E-state index < -0.39 is 28.5 Å². The predicted molar refractivity (Wildman–Crippen MR) is 170 cm³/mol. The fourth-order valence-electron chi connectivity index (χ4n) is 5.38. The molecular weight excluding hydrogens is 562 g/mol. The highest BCUT2D eigenvalue weighted by atomic mass is 32.2. The quantitative estimate of drug-likeness (QED) is 0.278. The molecule has 0 spiro atoms. The summed E-state index contributed by atoms with van der Waals surface area (Å²) in [6.07, 6.45) is 5.71. The van der Waals surface area contributed by atoms with E-state index in [0.717, 1.165) is 41.1 Å². The van der Waals surface area contributed by atoms with E-state index in [1.54, 1.807) is 31.2 Å². The molecule has 0 aromatic heterocycles. The normalized spacial score (nSPS) is 14.5. The number of anilines is 1. The fraction of sp³-hybridized carbons (Fsp3) is 0.412. The summed E-state index contributed by atoms with van der Waals surface area (Å²) in [6.45, 7) is 5.77. The van der Waals surface area contributed by atoms with Gasteiger partial charge in [-0.1, -0.05) is 67.3 Å². The minimum atomic E-state index is -4.13. The maximum Gasteiger partial charge on any atom is 0.264 e. The van der Waals surface area contributed by atoms with Gasteiger partial charge in [0.05, 0.1) is 17.2 Å². The number of benzene rings is 3. The van der Waals surface area contributed by atoms with Gasteiger partial charge in [0, 0.05) is 12.6 Å². The standard InChI is InChI=1S/C34H43N3O5S/c1-4-42-31-19-21-32(22-20-31)43(40,41)37(30-17-15-26(2)16-18-30)25-33(38)36(24-23-28-11-7-5-8-12-28)27(3)34(39)35-29-13-9-6-10-14-29/h5,7-8,11-12,15-22,27,29H,4,6,9-10,13-14,23-25H2,1-3H3,(H,35,39)/t27-/m0/s1. The molecule has 4 rings (SSSR count). The molecule has 0 radical (unpaired) electrons. The predicted octanol–water partition coefficient (Wildman–Crippen LogP) is 5.50. The maximum atomic E-state index is 14.1. The molecule has 0 heterocycles. The summed E-state index contributed by atoms with van der Waals surface area (Å²) < 4.78 is 34.7. The van der Waals surface area contributed by atoms with Gasteiger partial charge in [-0.2, -0.15) is 0 Å². The van der Waals surface area contributed by atoms with Crippen molar-refractivity contribution in [2.24, 2.45) is 0 Å². The molecular formula is C34H43N3O5S. The number of rotatable bonds is 13. The van der Waals surface area contributed by atoms with Gasteiger partial charge in [0.25, 0.3) is 10.0 Å². The Balaban J connectivity index is 1.63. The van der Waals surface area contributed by atoms with E-state index in [2.05, 4.69) is 5.32 Å². The first-order chi connectivity index (χ1) is 20.7. The van der Waals surface area contributed by atoms with E-state index in [0.29, 0.717) is 24.5 Å². The van der Waals surface area contributed by atoms with Crippen LogP contribution in [0.4, 0.5) is 5.69 Å². The first kappa shape index (κ1) is 32.1. The molecule has 9 heteroatoms. The summed E-state index contributed by atoms with van der Waals surface area (Å²) in [5.74, 6) is -0.105. The second kappa shape index (κ2) is 15.0. The lowest BCUT2D eigenvalue weighted by molar-refractivity contribution is -0.139. The van der Waals surface area contributed by atoms with E-state index in [1.165, 1.54) is 23.5 Å². The van der Waals surface area contributed by atoms with Gasteiger partial charge in [0.2, 0.25) is 11.8 Å². The molecule has 1 atom stereocenters. The Morgan fingerprint density at radius 1 is 0.930 bits per heavy atom. The Bertz CT molecular complexity index is 1440. The van der Waals surface area contributed by atoms with Crippen LogP contribution in [0.5, 0.6) is 5.75 Å². The first-order valence-electron chi connectivity index (χ1n) is 15.1. The van der Waals surface area contributed by atoms with Crippen molar-refractivity contribution in [3.05, 3.63) is 90.0 Å². The van der Waals surface area contributed by atoms with E-state index in [1.807, 2.05) is 56.3 Å². The number of ether oxygens (including phenoxy) is 1. The highest BCUT2D eigenvalue weighted by Gasteiger charge is 2.33. The first-order valence-corrected chi connectivity index (χ1v) is 16.6. The lowest BCUT2D eigenvalue weighted by Gasteiger charge is -2.33. The number of aryl methyl sites for hydroxylation is 1. The maximum absolute atomic E-state index is 14.1. The molecule has 8 nitrogen and oxygen atoms in total.